The van der Waals surface area contributed by atoms with Gasteiger partial charge in [-0.15, -0.1) is 4.36 Å². The van der Waals surface area contributed by atoms with Crippen LogP contribution in [0.15, 0.2) is 33.5 Å². The smallest absolute Gasteiger partial charge is 0.279 e. The molecule has 6 nitrogen and oxygen atoms in total. The highest BCUT2D eigenvalue weighted by Gasteiger charge is 2.28. The summed E-state index contributed by atoms with van der Waals surface area (Å²) in [4.78, 5) is 19.0. The maximum atomic E-state index is 14.6. The van der Waals surface area contributed by atoms with Gasteiger partial charge in [0.05, 0.1) is 4.90 Å². The Labute approximate surface area is 189 Å². The molecule has 2 aliphatic carbocycles. The minimum absolute atomic E-state index is 0.263. The van der Waals surface area contributed by atoms with Crippen LogP contribution in [0.25, 0.3) is 6.08 Å². The number of carbonyl (C=O) groups excluding carboxylic acids is 1. The fourth-order valence-corrected chi connectivity index (χ4v) is 5.68. The van der Waals surface area contributed by atoms with Gasteiger partial charge in [-0.2, -0.15) is 0 Å². The number of hydrogen-bond acceptors (Lipinski definition) is 4. The summed E-state index contributed by atoms with van der Waals surface area (Å²) in [5, 5.41) is 5.80. The molecule has 1 aromatic heterocycles. The van der Waals surface area contributed by atoms with Crippen LogP contribution in [0.4, 0.5) is 4.39 Å². The van der Waals surface area contributed by atoms with Gasteiger partial charge in [0.25, 0.3) is 5.91 Å². The third-order valence-corrected chi connectivity index (χ3v) is 7.54. The number of hydrogen-bond donors (Lipinski definition) is 1. The molecule has 2 aliphatic rings. The topological polar surface area (TPSA) is 88.6 Å². The molecule has 8 heteroatoms. The molecule has 0 spiro atoms. The fraction of sp³-hybridized carbons (Fsp3) is 0.417. The summed E-state index contributed by atoms with van der Waals surface area (Å²) >= 11 is 0. The average molecular weight is 457 g/mol. The van der Waals surface area contributed by atoms with E-state index in [9.17, 15) is 13.4 Å². The summed E-state index contributed by atoms with van der Waals surface area (Å²) in [5.41, 5.74) is 6.38. The van der Waals surface area contributed by atoms with Crippen molar-refractivity contribution >= 4 is 21.9 Å². The van der Waals surface area contributed by atoms with E-state index < -0.39 is 21.6 Å². The first kappa shape index (κ1) is 22.8. The Bertz CT molecular complexity index is 1230. The van der Waals surface area contributed by atoms with Gasteiger partial charge in [0.1, 0.15) is 15.7 Å². The Balaban J connectivity index is 1.63. The lowest BCUT2D eigenvalue weighted by Gasteiger charge is -2.12. The molecule has 0 saturated heterocycles. The van der Waals surface area contributed by atoms with E-state index in [0.717, 1.165) is 49.1 Å². The molecule has 4 rings (SSSR count). The van der Waals surface area contributed by atoms with Crippen LogP contribution in [0.2, 0.25) is 0 Å². The van der Waals surface area contributed by atoms with Crippen molar-refractivity contribution in [3.05, 3.63) is 63.7 Å². The largest absolute Gasteiger partial charge is 0.305 e. The number of aryl methyl sites for hydroxylation is 1. The van der Waals surface area contributed by atoms with Crippen LogP contribution in [-0.2, 0) is 40.5 Å². The number of rotatable bonds is 5. The molecular formula is C24H29FN4O2S. The number of nitrogens with zero attached hydrogens (tertiary/aromatic N) is 3. The van der Waals surface area contributed by atoms with Gasteiger partial charge in [0, 0.05) is 24.0 Å². The van der Waals surface area contributed by atoms with Gasteiger partial charge in [-0.25, -0.2) is 13.7 Å². The molecule has 2 aromatic rings. The molecule has 2 atom stereocenters. The lowest BCUT2D eigenvalue weighted by Crippen LogP contribution is -2.17. The van der Waals surface area contributed by atoms with E-state index in [2.05, 4.69) is 11.3 Å². The molecule has 32 heavy (non-hydrogen) atoms. The second-order valence-corrected chi connectivity index (χ2v) is 10.7. The van der Waals surface area contributed by atoms with Crippen LogP contribution in [0.1, 0.15) is 59.3 Å². The molecule has 2 unspecified atom stereocenters. The van der Waals surface area contributed by atoms with Gasteiger partial charge < -0.3 is 4.90 Å². The quantitative estimate of drug-likeness (QED) is 0.694. The highest BCUT2D eigenvalue weighted by atomic mass is 32.2. The van der Waals surface area contributed by atoms with Crippen molar-refractivity contribution in [3.8, 4) is 0 Å². The zero-order valence-electron chi connectivity index (χ0n) is 18.7. The van der Waals surface area contributed by atoms with E-state index in [1.165, 1.54) is 29.3 Å². The summed E-state index contributed by atoms with van der Waals surface area (Å²) in [6.45, 7) is 2.71. The summed E-state index contributed by atoms with van der Waals surface area (Å²) in [6.07, 6.45) is 7.96. The minimum Gasteiger partial charge on any atom is -0.305 e. The van der Waals surface area contributed by atoms with Gasteiger partial charge in [-0.05, 0) is 92.6 Å². The molecule has 0 bridgehead atoms. The first-order valence-electron chi connectivity index (χ1n) is 10.9. The van der Waals surface area contributed by atoms with Gasteiger partial charge in [-0.3, -0.25) is 9.78 Å². The molecule has 2 N–H and O–H groups in total. The van der Waals surface area contributed by atoms with E-state index in [1.54, 1.807) is 12.1 Å². The fourth-order valence-electron chi connectivity index (χ4n) is 4.66. The molecule has 1 aromatic carbocycles. The Morgan fingerprint density at radius 1 is 1.31 bits per heavy atom. The number of nitrogens with two attached hydrogens (primary N) is 1. The van der Waals surface area contributed by atoms with Crippen LogP contribution in [0.3, 0.4) is 0 Å². The van der Waals surface area contributed by atoms with E-state index in [4.69, 9.17) is 10.1 Å². The van der Waals surface area contributed by atoms with E-state index in [-0.39, 0.29) is 4.90 Å². The molecule has 0 radical (unpaired) electrons. The normalized spacial score (nSPS) is 19.2. The monoisotopic (exact) mass is 456 g/mol. The zero-order valence-corrected chi connectivity index (χ0v) is 19.5. The maximum absolute atomic E-state index is 14.6. The number of aromatic nitrogens is 1. The lowest BCUT2D eigenvalue weighted by molar-refractivity contribution is -0.113. The lowest BCUT2D eigenvalue weighted by atomic mass is 9.98. The third-order valence-electron chi connectivity index (χ3n) is 6.13. The van der Waals surface area contributed by atoms with E-state index in [1.807, 2.05) is 19.0 Å². The van der Waals surface area contributed by atoms with Crippen molar-refractivity contribution in [1.29, 1.82) is 0 Å². The Kier molecular flexibility index (Phi) is 6.29. The first-order chi connectivity index (χ1) is 15.2. The van der Waals surface area contributed by atoms with Crippen molar-refractivity contribution in [2.45, 2.75) is 56.4 Å². The second kappa shape index (κ2) is 8.84. The zero-order chi connectivity index (χ0) is 23.0. The van der Waals surface area contributed by atoms with Crippen molar-refractivity contribution in [3.63, 3.8) is 0 Å². The molecular weight excluding hydrogens is 427 g/mol. The highest BCUT2D eigenvalue weighted by Crippen LogP contribution is 2.38. The molecule has 0 saturated carbocycles. The van der Waals surface area contributed by atoms with Crippen LogP contribution in [0, 0.1) is 5.82 Å². The Morgan fingerprint density at radius 2 is 2.09 bits per heavy atom. The molecule has 1 amide bonds. The average Bonchev–Trinajstić information content (AvgIpc) is 3.31. The number of amides is 1. The molecule has 170 valence electrons. The van der Waals surface area contributed by atoms with E-state index >= 15 is 0 Å². The van der Waals surface area contributed by atoms with Gasteiger partial charge in [0.2, 0.25) is 0 Å². The van der Waals surface area contributed by atoms with Crippen LogP contribution < -0.4 is 5.14 Å². The number of carbonyl (C=O) groups is 1. The van der Waals surface area contributed by atoms with Gasteiger partial charge >= 0.3 is 0 Å². The number of halogens is 1. The number of fused-ring (bicyclic) bond motifs is 2. The van der Waals surface area contributed by atoms with Crippen LogP contribution in [-0.4, -0.2) is 34.1 Å². The Morgan fingerprint density at radius 3 is 2.81 bits per heavy atom. The number of benzene rings is 1. The SMILES string of the molecule is CC1CCc2c1nc1c(c2/C=C/C(=O)N=S(N)(=O)c2ccc(CN(C)C)cc2F)CCC1. The standard InChI is InChI=1S/C24H29FN4O2S/c1-15-7-9-19-17(18-5-4-6-21(18)27-24(15)19)10-12-23(30)28-32(26,31)22-11-8-16(13-20(22)25)14-29(2)3/h8,10-13,15H,4-7,9,14H2,1-3H3,(H2,26,28,30,31)/b12-10+. The first-order valence-corrected chi connectivity index (χ1v) is 12.5. The van der Waals surface area contributed by atoms with Crippen molar-refractivity contribution < 1.29 is 13.4 Å². The molecule has 0 fully saturated rings. The summed E-state index contributed by atoms with van der Waals surface area (Å²) in [5.74, 6) is -1.06. The van der Waals surface area contributed by atoms with Crippen molar-refractivity contribution in [2.24, 2.45) is 9.50 Å². The Hall–Kier alpha value is -2.42. The third kappa shape index (κ3) is 4.53. The molecule has 1 heterocycles. The highest BCUT2D eigenvalue weighted by molar-refractivity contribution is 7.91. The second-order valence-electron chi connectivity index (χ2n) is 8.94. The maximum Gasteiger partial charge on any atom is 0.279 e. The van der Waals surface area contributed by atoms with Gasteiger partial charge in [-0.1, -0.05) is 13.0 Å². The minimum atomic E-state index is -3.70. The van der Waals surface area contributed by atoms with Crippen molar-refractivity contribution in [1.82, 2.24) is 9.88 Å². The molecule has 0 aliphatic heterocycles. The van der Waals surface area contributed by atoms with Crippen LogP contribution >= 0.6 is 0 Å². The van der Waals surface area contributed by atoms with Gasteiger partial charge in [0.15, 0.2) is 0 Å². The van der Waals surface area contributed by atoms with Crippen molar-refractivity contribution in [2.75, 3.05) is 14.1 Å². The van der Waals surface area contributed by atoms with Crippen LogP contribution in [0.5, 0.6) is 0 Å². The predicted molar refractivity (Wildman–Crippen MR) is 124 cm³/mol. The predicted octanol–water partition coefficient (Wildman–Crippen LogP) is 3.76. The summed E-state index contributed by atoms with van der Waals surface area (Å²) < 4.78 is 31.1. The summed E-state index contributed by atoms with van der Waals surface area (Å²) in [7, 11) is 0.0367. The summed E-state index contributed by atoms with van der Waals surface area (Å²) in [6, 6.07) is 4.27. The number of pyridine rings is 1. The van der Waals surface area contributed by atoms with E-state index in [0.29, 0.717) is 18.0 Å².